The fraction of sp³-hybridized carbons (Fsp3) is 0.500. The Morgan fingerprint density at radius 2 is 2.21 bits per heavy atom. The predicted octanol–water partition coefficient (Wildman–Crippen LogP) is 0.895. The average Bonchev–Trinajstić information content (AvgIpc) is 3.19. The number of hydrogen-bond donors (Lipinski definition) is 1. The van der Waals surface area contributed by atoms with Crippen molar-refractivity contribution in [3.63, 3.8) is 0 Å². The molecule has 0 saturated carbocycles. The molecule has 0 aliphatic carbocycles. The zero-order valence-corrected chi connectivity index (χ0v) is 13.1. The molecule has 8 heteroatoms. The van der Waals surface area contributed by atoms with Crippen molar-refractivity contribution in [2.45, 2.75) is 18.4 Å². The van der Waals surface area contributed by atoms with E-state index < -0.39 is 11.7 Å². The molecule has 0 aromatic heterocycles. The smallest absolute Gasteiger partial charge is 0.407 e. The van der Waals surface area contributed by atoms with E-state index in [1.54, 1.807) is 23.1 Å². The van der Waals surface area contributed by atoms with Gasteiger partial charge in [-0.3, -0.25) is 4.79 Å². The number of piperidine rings is 1. The van der Waals surface area contributed by atoms with Gasteiger partial charge in [0.15, 0.2) is 18.1 Å². The van der Waals surface area contributed by atoms with E-state index in [-0.39, 0.29) is 19.3 Å². The van der Waals surface area contributed by atoms with E-state index >= 15 is 0 Å². The van der Waals surface area contributed by atoms with E-state index in [1.165, 1.54) is 0 Å². The molecule has 3 heterocycles. The Labute approximate surface area is 138 Å². The summed E-state index contributed by atoms with van der Waals surface area (Å²) in [5.74, 6) is 1.70. The molecule has 1 aromatic rings. The van der Waals surface area contributed by atoms with Crippen LogP contribution in [0.25, 0.3) is 0 Å². The summed E-state index contributed by atoms with van der Waals surface area (Å²) in [5, 5.41) is 2.67. The van der Waals surface area contributed by atoms with Crippen molar-refractivity contribution in [2.24, 2.45) is 0 Å². The molecule has 8 nitrogen and oxygen atoms in total. The zero-order valence-electron chi connectivity index (χ0n) is 13.1. The number of hydrogen-bond acceptors (Lipinski definition) is 6. The largest absolute Gasteiger partial charge is 0.484 e. The minimum atomic E-state index is -0.594. The lowest BCUT2D eigenvalue weighted by atomic mass is 9.93. The number of likely N-dealkylation sites (tertiary alicyclic amines) is 1. The van der Waals surface area contributed by atoms with Gasteiger partial charge < -0.3 is 29.2 Å². The van der Waals surface area contributed by atoms with Crippen LogP contribution in [0, 0.1) is 0 Å². The lowest BCUT2D eigenvalue weighted by Gasteiger charge is -2.38. The van der Waals surface area contributed by atoms with E-state index in [9.17, 15) is 9.59 Å². The summed E-state index contributed by atoms with van der Waals surface area (Å²) in [6.07, 6.45) is 1.14. The maximum absolute atomic E-state index is 12.4. The maximum atomic E-state index is 12.4. The highest BCUT2D eigenvalue weighted by atomic mass is 16.7. The number of benzene rings is 1. The molecule has 3 aliphatic rings. The Bertz CT molecular complexity index is 679. The first-order chi connectivity index (χ1) is 11.6. The molecule has 128 valence electrons. The van der Waals surface area contributed by atoms with E-state index in [2.05, 4.69) is 5.32 Å². The number of nitrogens with zero attached hydrogens (tertiary/aromatic N) is 1. The Hall–Kier alpha value is -2.64. The van der Waals surface area contributed by atoms with E-state index in [0.29, 0.717) is 36.9 Å². The Kier molecular flexibility index (Phi) is 3.59. The first kappa shape index (κ1) is 14.9. The summed E-state index contributed by atoms with van der Waals surface area (Å²) in [5.41, 5.74) is -0.594. The second-order valence-corrected chi connectivity index (χ2v) is 6.15. The number of nitrogens with one attached hydrogen (secondary N) is 1. The minimum absolute atomic E-state index is 0.0723. The van der Waals surface area contributed by atoms with Gasteiger partial charge in [0, 0.05) is 12.6 Å². The summed E-state index contributed by atoms with van der Waals surface area (Å²) < 4.78 is 21.5. The average molecular weight is 334 g/mol. The highest BCUT2D eigenvalue weighted by Crippen LogP contribution is 2.35. The molecule has 24 heavy (non-hydrogen) atoms. The van der Waals surface area contributed by atoms with Gasteiger partial charge in [-0.1, -0.05) is 0 Å². The Morgan fingerprint density at radius 3 is 3.04 bits per heavy atom. The molecule has 2 saturated heterocycles. The Morgan fingerprint density at radius 1 is 1.33 bits per heavy atom. The summed E-state index contributed by atoms with van der Waals surface area (Å²) in [7, 11) is 0. The van der Waals surface area contributed by atoms with Gasteiger partial charge in [-0.2, -0.15) is 0 Å². The number of carbonyl (C=O) groups is 2. The van der Waals surface area contributed by atoms with Gasteiger partial charge in [0.25, 0.3) is 5.91 Å². The number of fused-ring (bicyclic) bond motifs is 1. The van der Waals surface area contributed by atoms with Gasteiger partial charge >= 0.3 is 6.09 Å². The second-order valence-electron chi connectivity index (χ2n) is 6.15. The normalized spacial score (nSPS) is 24.7. The van der Waals surface area contributed by atoms with Gasteiger partial charge in [-0.05, 0) is 25.0 Å². The molecule has 1 unspecified atom stereocenters. The topological polar surface area (TPSA) is 86.3 Å². The number of amides is 2. The highest BCUT2D eigenvalue weighted by molar-refractivity contribution is 5.78. The molecule has 2 amide bonds. The number of carbonyl (C=O) groups excluding carboxylic acids is 2. The quantitative estimate of drug-likeness (QED) is 0.884. The van der Waals surface area contributed by atoms with Crippen LogP contribution in [-0.2, 0) is 9.53 Å². The number of rotatable bonds is 3. The fourth-order valence-electron chi connectivity index (χ4n) is 3.24. The van der Waals surface area contributed by atoms with Crippen LogP contribution >= 0.6 is 0 Å². The van der Waals surface area contributed by atoms with Crippen LogP contribution < -0.4 is 19.5 Å². The monoisotopic (exact) mass is 334 g/mol. The Balaban J connectivity index is 1.35. The van der Waals surface area contributed by atoms with Crippen molar-refractivity contribution >= 4 is 12.0 Å². The molecule has 4 rings (SSSR count). The van der Waals surface area contributed by atoms with Crippen LogP contribution in [0.2, 0.25) is 0 Å². The fourth-order valence-corrected chi connectivity index (χ4v) is 3.24. The van der Waals surface area contributed by atoms with Crippen molar-refractivity contribution in [3.05, 3.63) is 18.2 Å². The third-order valence-corrected chi connectivity index (χ3v) is 4.46. The maximum Gasteiger partial charge on any atom is 0.407 e. The van der Waals surface area contributed by atoms with E-state index in [1.807, 2.05) is 0 Å². The van der Waals surface area contributed by atoms with Gasteiger partial charge in [0.2, 0.25) is 6.79 Å². The molecule has 0 radical (unpaired) electrons. The first-order valence-electron chi connectivity index (χ1n) is 7.91. The molecule has 1 spiro atoms. The van der Waals surface area contributed by atoms with Crippen molar-refractivity contribution in [2.75, 3.05) is 33.0 Å². The van der Waals surface area contributed by atoms with Gasteiger partial charge in [0.05, 0.1) is 13.1 Å². The molecule has 3 aliphatic heterocycles. The van der Waals surface area contributed by atoms with Crippen LogP contribution in [0.4, 0.5) is 4.79 Å². The van der Waals surface area contributed by atoms with E-state index in [0.717, 1.165) is 12.8 Å². The zero-order chi connectivity index (χ0) is 16.6. The molecular formula is C16H18N2O6. The van der Waals surface area contributed by atoms with Crippen molar-refractivity contribution < 1.29 is 28.5 Å². The molecule has 0 bridgehead atoms. The first-order valence-corrected chi connectivity index (χ1v) is 7.91. The third kappa shape index (κ3) is 2.79. The lowest BCUT2D eigenvalue weighted by Crippen LogP contribution is -2.53. The minimum Gasteiger partial charge on any atom is -0.484 e. The van der Waals surface area contributed by atoms with Crippen molar-refractivity contribution in [3.8, 4) is 17.2 Å². The van der Waals surface area contributed by atoms with Crippen LogP contribution in [0.5, 0.6) is 17.2 Å². The second kappa shape index (κ2) is 5.77. The van der Waals surface area contributed by atoms with Crippen molar-refractivity contribution in [1.29, 1.82) is 0 Å². The molecular weight excluding hydrogens is 316 g/mol. The molecule has 1 atom stereocenters. The predicted molar refractivity (Wildman–Crippen MR) is 81.1 cm³/mol. The molecule has 1 N–H and O–H groups in total. The SMILES string of the molecule is O=C1NCC2(CCCN(C(=O)COc3ccc4c(c3)OCO4)C2)O1. The third-order valence-electron chi connectivity index (χ3n) is 4.46. The lowest BCUT2D eigenvalue weighted by molar-refractivity contribution is -0.138. The van der Waals surface area contributed by atoms with Gasteiger partial charge in [-0.15, -0.1) is 0 Å². The number of alkyl carbamates (subject to hydrolysis) is 1. The summed E-state index contributed by atoms with van der Waals surface area (Å²) in [6.45, 7) is 1.60. The van der Waals surface area contributed by atoms with Crippen LogP contribution in [0.1, 0.15) is 12.8 Å². The highest BCUT2D eigenvalue weighted by Gasteiger charge is 2.44. The summed E-state index contributed by atoms with van der Waals surface area (Å²) in [4.78, 5) is 25.4. The van der Waals surface area contributed by atoms with E-state index in [4.69, 9.17) is 18.9 Å². The van der Waals surface area contributed by atoms with Crippen molar-refractivity contribution in [1.82, 2.24) is 10.2 Å². The van der Waals surface area contributed by atoms with Crippen LogP contribution in [0.3, 0.4) is 0 Å². The standard InChI is InChI=1S/C16H18N2O6/c19-14(7-21-11-2-3-12-13(6-11)23-10-22-12)18-5-1-4-16(9-18)8-17-15(20)24-16/h2-3,6H,1,4-5,7-10H2,(H,17,20). The van der Waals surface area contributed by atoms with Crippen LogP contribution in [0.15, 0.2) is 18.2 Å². The van der Waals surface area contributed by atoms with Crippen LogP contribution in [-0.4, -0.2) is 55.5 Å². The van der Waals surface area contributed by atoms with Gasteiger partial charge in [-0.25, -0.2) is 4.79 Å². The van der Waals surface area contributed by atoms with Gasteiger partial charge in [0.1, 0.15) is 11.4 Å². The summed E-state index contributed by atoms with van der Waals surface area (Å²) >= 11 is 0. The number of ether oxygens (including phenoxy) is 4. The molecule has 2 fully saturated rings. The molecule has 1 aromatic carbocycles. The summed E-state index contributed by atoms with van der Waals surface area (Å²) in [6, 6.07) is 5.19.